The molecule has 0 aromatic heterocycles. The molecule has 0 aliphatic carbocycles. The molecule has 0 amide bonds. The van der Waals surface area contributed by atoms with E-state index < -0.39 is 0 Å². The van der Waals surface area contributed by atoms with Gasteiger partial charge in [0.2, 0.25) is 0 Å². The van der Waals surface area contributed by atoms with Crippen molar-refractivity contribution in [3.05, 3.63) is 35.9 Å². The SMILES string of the molecule is NC[C@@H]1CN(CC2CCOC2)C[C@H]1c1ccccc1. The van der Waals surface area contributed by atoms with Crippen molar-refractivity contribution in [2.45, 2.75) is 12.3 Å². The van der Waals surface area contributed by atoms with Gasteiger partial charge < -0.3 is 15.4 Å². The summed E-state index contributed by atoms with van der Waals surface area (Å²) < 4.78 is 5.48. The van der Waals surface area contributed by atoms with Crippen LogP contribution in [0.5, 0.6) is 0 Å². The molecule has 0 saturated carbocycles. The van der Waals surface area contributed by atoms with Crippen molar-refractivity contribution in [3.8, 4) is 0 Å². The molecule has 2 heterocycles. The average Bonchev–Trinajstić information content (AvgIpc) is 3.09. The molecule has 0 spiro atoms. The number of hydrogen-bond donors (Lipinski definition) is 1. The van der Waals surface area contributed by atoms with Crippen LogP contribution in [0.2, 0.25) is 0 Å². The summed E-state index contributed by atoms with van der Waals surface area (Å²) in [4.78, 5) is 2.59. The molecule has 3 rings (SSSR count). The van der Waals surface area contributed by atoms with Crippen LogP contribution in [0.4, 0.5) is 0 Å². The second-order valence-corrected chi connectivity index (χ2v) is 5.96. The Kier molecular flexibility index (Phi) is 4.16. The van der Waals surface area contributed by atoms with Gasteiger partial charge in [-0.3, -0.25) is 0 Å². The highest BCUT2D eigenvalue weighted by Gasteiger charge is 2.34. The zero-order valence-corrected chi connectivity index (χ0v) is 11.5. The van der Waals surface area contributed by atoms with Crippen LogP contribution in [-0.4, -0.2) is 44.3 Å². The van der Waals surface area contributed by atoms with E-state index >= 15 is 0 Å². The summed E-state index contributed by atoms with van der Waals surface area (Å²) in [5.74, 6) is 1.94. The first kappa shape index (κ1) is 13.1. The van der Waals surface area contributed by atoms with Crippen molar-refractivity contribution >= 4 is 0 Å². The molecule has 3 nitrogen and oxygen atoms in total. The molecule has 3 atom stereocenters. The average molecular weight is 260 g/mol. The van der Waals surface area contributed by atoms with Crippen LogP contribution in [0.25, 0.3) is 0 Å². The van der Waals surface area contributed by atoms with Crippen molar-refractivity contribution in [1.29, 1.82) is 0 Å². The van der Waals surface area contributed by atoms with Crippen LogP contribution < -0.4 is 5.73 Å². The molecule has 19 heavy (non-hydrogen) atoms. The number of likely N-dealkylation sites (tertiary alicyclic amines) is 1. The molecule has 1 aromatic rings. The Morgan fingerprint density at radius 3 is 2.74 bits per heavy atom. The van der Waals surface area contributed by atoms with Gasteiger partial charge in [0.25, 0.3) is 0 Å². The number of ether oxygens (including phenoxy) is 1. The second kappa shape index (κ2) is 6.04. The van der Waals surface area contributed by atoms with E-state index in [0.717, 1.165) is 38.8 Å². The number of hydrogen-bond acceptors (Lipinski definition) is 3. The van der Waals surface area contributed by atoms with Crippen LogP contribution in [0.15, 0.2) is 30.3 Å². The summed E-state index contributed by atoms with van der Waals surface area (Å²) in [6, 6.07) is 10.8. The van der Waals surface area contributed by atoms with E-state index in [2.05, 4.69) is 35.2 Å². The fourth-order valence-corrected chi connectivity index (χ4v) is 3.52. The fraction of sp³-hybridized carbons (Fsp3) is 0.625. The van der Waals surface area contributed by atoms with E-state index in [4.69, 9.17) is 10.5 Å². The maximum atomic E-state index is 5.98. The van der Waals surface area contributed by atoms with Gasteiger partial charge in [-0.2, -0.15) is 0 Å². The summed E-state index contributed by atoms with van der Waals surface area (Å²) in [6.45, 7) is 6.16. The predicted octanol–water partition coefficient (Wildman–Crippen LogP) is 1.70. The summed E-state index contributed by atoms with van der Waals surface area (Å²) in [6.07, 6.45) is 1.22. The molecule has 2 N–H and O–H groups in total. The zero-order valence-electron chi connectivity index (χ0n) is 11.5. The van der Waals surface area contributed by atoms with E-state index in [1.807, 2.05) is 0 Å². The smallest absolute Gasteiger partial charge is 0.0507 e. The molecule has 1 unspecified atom stereocenters. The Balaban J connectivity index is 1.64. The Hall–Kier alpha value is -0.900. The summed E-state index contributed by atoms with van der Waals surface area (Å²) in [7, 11) is 0. The quantitative estimate of drug-likeness (QED) is 0.895. The van der Waals surface area contributed by atoms with Crippen molar-refractivity contribution < 1.29 is 4.74 Å². The molecule has 2 fully saturated rings. The highest BCUT2D eigenvalue weighted by molar-refractivity contribution is 5.22. The molecular formula is C16H24N2O. The highest BCUT2D eigenvalue weighted by Crippen LogP contribution is 2.32. The van der Waals surface area contributed by atoms with Crippen molar-refractivity contribution in [2.75, 3.05) is 39.4 Å². The van der Waals surface area contributed by atoms with Gasteiger partial charge in [-0.05, 0) is 30.4 Å². The minimum absolute atomic E-state index is 0.602. The normalized spacial score (nSPS) is 31.9. The van der Waals surface area contributed by atoms with Gasteiger partial charge in [0.15, 0.2) is 0 Å². The van der Waals surface area contributed by atoms with Crippen LogP contribution in [0.1, 0.15) is 17.9 Å². The van der Waals surface area contributed by atoms with Gasteiger partial charge in [-0.1, -0.05) is 30.3 Å². The Labute approximate surface area is 115 Å². The highest BCUT2D eigenvalue weighted by atomic mass is 16.5. The van der Waals surface area contributed by atoms with E-state index in [-0.39, 0.29) is 0 Å². The fourth-order valence-electron chi connectivity index (χ4n) is 3.52. The third-order valence-electron chi connectivity index (χ3n) is 4.59. The molecule has 104 valence electrons. The summed E-state index contributed by atoms with van der Waals surface area (Å²) in [5, 5.41) is 0. The van der Waals surface area contributed by atoms with Crippen molar-refractivity contribution in [1.82, 2.24) is 4.90 Å². The van der Waals surface area contributed by atoms with Crippen molar-refractivity contribution in [2.24, 2.45) is 17.6 Å². The first-order valence-electron chi connectivity index (χ1n) is 7.42. The molecule has 2 aliphatic heterocycles. The van der Waals surface area contributed by atoms with E-state index in [1.54, 1.807) is 0 Å². The molecule has 0 bridgehead atoms. The minimum Gasteiger partial charge on any atom is -0.381 e. The van der Waals surface area contributed by atoms with Crippen LogP contribution >= 0.6 is 0 Å². The van der Waals surface area contributed by atoms with Crippen LogP contribution in [0, 0.1) is 11.8 Å². The first-order valence-corrected chi connectivity index (χ1v) is 7.42. The lowest BCUT2D eigenvalue weighted by Gasteiger charge is -2.19. The van der Waals surface area contributed by atoms with Crippen molar-refractivity contribution in [3.63, 3.8) is 0 Å². The topological polar surface area (TPSA) is 38.5 Å². The van der Waals surface area contributed by atoms with E-state index in [0.29, 0.717) is 11.8 Å². The molecule has 3 heteroatoms. The van der Waals surface area contributed by atoms with E-state index in [1.165, 1.54) is 18.5 Å². The van der Waals surface area contributed by atoms with Gasteiger partial charge in [-0.25, -0.2) is 0 Å². The standard InChI is InChI=1S/C16H24N2O/c17-8-15-10-18(9-13-6-7-19-12-13)11-16(15)14-4-2-1-3-5-14/h1-5,13,15-16H,6-12,17H2/t13?,15-,16+/m1/s1. The molecule has 2 aliphatic rings. The van der Waals surface area contributed by atoms with Gasteiger partial charge in [0.1, 0.15) is 0 Å². The van der Waals surface area contributed by atoms with Crippen LogP contribution in [-0.2, 0) is 4.74 Å². The number of nitrogens with zero attached hydrogens (tertiary/aromatic N) is 1. The maximum Gasteiger partial charge on any atom is 0.0507 e. The lowest BCUT2D eigenvalue weighted by atomic mass is 9.89. The molecule has 1 aromatic carbocycles. The predicted molar refractivity (Wildman–Crippen MR) is 77.1 cm³/mol. The molecule has 2 saturated heterocycles. The van der Waals surface area contributed by atoms with E-state index in [9.17, 15) is 0 Å². The Morgan fingerprint density at radius 2 is 2.05 bits per heavy atom. The first-order chi connectivity index (χ1) is 9.36. The third-order valence-corrected chi connectivity index (χ3v) is 4.59. The summed E-state index contributed by atoms with van der Waals surface area (Å²) in [5.41, 5.74) is 7.43. The third kappa shape index (κ3) is 2.99. The lowest BCUT2D eigenvalue weighted by molar-refractivity contribution is 0.173. The molecular weight excluding hydrogens is 236 g/mol. The van der Waals surface area contributed by atoms with Crippen LogP contribution in [0.3, 0.4) is 0 Å². The summed E-state index contributed by atoms with van der Waals surface area (Å²) >= 11 is 0. The van der Waals surface area contributed by atoms with Gasteiger partial charge in [0, 0.05) is 32.2 Å². The second-order valence-electron chi connectivity index (χ2n) is 5.96. The Morgan fingerprint density at radius 1 is 1.21 bits per heavy atom. The number of benzene rings is 1. The molecule has 0 radical (unpaired) electrons. The number of rotatable bonds is 4. The maximum absolute atomic E-state index is 5.98. The van der Waals surface area contributed by atoms with Gasteiger partial charge in [-0.15, -0.1) is 0 Å². The largest absolute Gasteiger partial charge is 0.381 e. The zero-order chi connectivity index (χ0) is 13.1. The monoisotopic (exact) mass is 260 g/mol. The lowest BCUT2D eigenvalue weighted by Crippen LogP contribution is -2.28. The minimum atomic E-state index is 0.602. The Bertz CT molecular complexity index is 389. The van der Waals surface area contributed by atoms with Gasteiger partial charge in [0.05, 0.1) is 6.61 Å². The van der Waals surface area contributed by atoms with Gasteiger partial charge >= 0.3 is 0 Å². The number of nitrogens with two attached hydrogens (primary N) is 1.